The fourth-order valence-electron chi connectivity index (χ4n) is 1.66. The predicted octanol–water partition coefficient (Wildman–Crippen LogP) is 3.18. The predicted molar refractivity (Wildman–Crippen MR) is 76.6 cm³/mol. The zero-order chi connectivity index (χ0) is 16.2. The molecule has 116 valence electrons. The Kier molecular flexibility index (Phi) is 4.81. The number of rotatable bonds is 4. The van der Waals surface area contributed by atoms with Gasteiger partial charge in [0.2, 0.25) is 0 Å². The number of hydrogen-bond donors (Lipinski definition) is 2. The molecule has 4 nitrogen and oxygen atoms in total. The first-order chi connectivity index (χ1) is 10.4. The Hall–Kier alpha value is -2.35. The maximum atomic E-state index is 12.3. The van der Waals surface area contributed by atoms with Gasteiger partial charge in [-0.05, 0) is 23.1 Å². The van der Waals surface area contributed by atoms with Gasteiger partial charge in [-0.2, -0.15) is 13.2 Å². The molecule has 2 aromatic rings. The molecule has 2 amide bonds. The van der Waals surface area contributed by atoms with E-state index >= 15 is 0 Å². The van der Waals surface area contributed by atoms with Crippen molar-refractivity contribution in [3.63, 3.8) is 0 Å². The van der Waals surface area contributed by atoms with Crippen LogP contribution in [0.1, 0.15) is 15.2 Å². The Labute approximate surface area is 128 Å². The molecule has 1 aromatic carbocycles. The van der Waals surface area contributed by atoms with E-state index in [9.17, 15) is 22.8 Å². The lowest BCUT2D eigenvalue weighted by Gasteiger charge is -2.12. The van der Waals surface area contributed by atoms with Crippen molar-refractivity contribution in [3.8, 4) is 0 Å². The highest BCUT2D eigenvalue weighted by Crippen LogP contribution is 2.21. The minimum Gasteiger partial charge on any atom is -0.347 e. The van der Waals surface area contributed by atoms with Gasteiger partial charge >= 0.3 is 12.1 Å². The van der Waals surface area contributed by atoms with Gasteiger partial charge in [0.25, 0.3) is 5.91 Å². The normalized spacial score (nSPS) is 11.0. The topological polar surface area (TPSA) is 58.2 Å². The Bertz CT molecular complexity index is 669. The molecule has 0 fully saturated rings. The van der Waals surface area contributed by atoms with Gasteiger partial charge in [0, 0.05) is 12.2 Å². The van der Waals surface area contributed by atoms with Gasteiger partial charge in [0.05, 0.1) is 4.88 Å². The lowest BCUT2D eigenvalue weighted by molar-refractivity contribution is -0.167. The van der Waals surface area contributed by atoms with Crippen LogP contribution in [0.4, 0.5) is 18.9 Å². The van der Waals surface area contributed by atoms with Crippen LogP contribution >= 0.6 is 11.3 Å². The molecule has 8 heteroatoms. The van der Waals surface area contributed by atoms with Crippen LogP contribution in [0.2, 0.25) is 0 Å². The van der Waals surface area contributed by atoms with E-state index < -0.39 is 12.1 Å². The first-order valence-corrected chi connectivity index (χ1v) is 7.03. The van der Waals surface area contributed by atoms with Crippen molar-refractivity contribution in [2.45, 2.75) is 12.7 Å². The summed E-state index contributed by atoms with van der Waals surface area (Å²) >= 11 is 1.25. The average Bonchev–Trinajstić information content (AvgIpc) is 2.99. The van der Waals surface area contributed by atoms with Gasteiger partial charge in [-0.15, -0.1) is 11.3 Å². The molecule has 0 aliphatic carbocycles. The minimum atomic E-state index is -4.96. The molecule has 2 N–H and O–H groups in total. The second-order valence-corrected chi connectivity index (χ2v) is 5.22. The van der Waals surface area contributed by atoms with E-state index in [2.05, 4.69) is 5.32 Å². The van der Waals surface area contributed by atoms with Crippen LogP contribution in [-0.2, 0) is 11.3 Å². The standard InChI is InChI=1S/C14H11F3N2O2S/c15-14(16,17)13(21)19-10-5-2-1-4-9(10)8-18-12(20)11-6-3-7-22-11/h1-7H,8H2,(H,18,20)(H,19,21). The summed E-state index contributed by atoms with van der Waals surface area (Å²) in [6.45, 7) is 0.00500. The molecule has 0 aliphatic heterocycles. The molecule has 0 unspecified atom stereocenters. The molecule has 1 aromatic heterocycles. The van der Waals surface area contributed by atoms with Crippen molar-refractivity contribution in [2.75, 3.05) is 5.32 Å². The molecule has 0 radical (unpaired) electrons. The quantitative estimate of drug-likeness (QED) is 0.906. The molecule has 2 rings (SSSR count). The van der Waals surface area contributed by atoms with Gasteiger partial charge in [-0.1, -0.05) is 24.3 Å². The van der Waals surface area contributed by atoms with Crippen molar-refractivity contribution in [3.05, 3.63) is 52.2 Å². The third kappa shape index (κ3) is 4.08. The van der Waals surface area contributed by atoms with Crippen molar-refractivity contribution >= 4 is 28.8 Å². The number of nitrogens with one attached hydrogen (secondary N) is 2. The fraction of sp³-hybridized carbons (Fsp3) is 0.143. The maximum Gasteiger partial charge on any atom is 0.471 e. The van der Waals surface area contributed by atoms with Crippen LogP contribution in [0.5, 0.6) is 0 Å². The van der Waals surface area contributed by atoms with Crippen molar-refractivity contribution in [1.29, 1.82) is 0 Å². The second kappa shape index (κ2) is 6.61. The van der Waals surface area contributed by atoms with E-state index in [1.54, 1.807) is 28.9 Å². The molecule has 0 atom stereocenters. The number of thiophene rings is 1. The highest BCUT2D eigenvalue weighted by Gasteiger charge is 2.38. The van der Waals surface area contributed by atoms with Crippen LogP contribution in [0, 0.1) is 0 Å². The summed E-state index contributed by atoms with van der Waals surface area (Å²) in [5, 5.41) is 6.13. The van der Waals surface area contributed by atoms with E-state index in [-0.39, 0.29) is 18.1 Å². The number of anilines is 1. The zero-order valence-electron chi connectivity index (χ0n) is 11.1. The molecular formula is C14H11F3N2O2S. The summed E-state index contributed by atoms with van der Waals surface area (Å²) in [5.74, 6) is -2.38. The van der Waals surface area contributed by atoms with Crippen LogP contribution < -0.4 is 10.6 Å². The molecule has 0 saturated heterocycles. The molecule has 0 bridgehead atoms. The molecular weight excluding hydrogens is 317 g/mol. The van der Waals surface area contributed by atoms with Crippen molar-refractivity contribution < 1.29 is 22.8 Å². The smallest absolute Gasteiger partial charge is 0.347 e. The van der Waals surface area contributed by atoms with Crippen LogP contribution in [0.15, 0.2) is 41.8 Å². The number of alkyl halides is 3. The van der Waals surface area contributed by atoms with E-state index in [1.165, 1.54) is 29.5 Å². The molecule has 0 aliphatic rings. The third-order valence-electron chi connectivity index (χ3n) is 2.71. The van der Waals surface area contributed by atoms with E-state index in [0.29, 0.717) is 10.4 Å². The van der Waals surface area contributed by atoms with Crippen LogP contribution in [0.3, 0.4) is 0 Å². The lowest BCUT2D eigenvalue weighted by atomic mass is 10.1. The number of carbonyl (C=O) groups is 2. The Morgan fingerprint density at radius 1 is 1.09 bits per heavy atom. The summed E-state index contributed by atoms with van der Waals surface area (Å²) in [7, 11) is 0. The maximum absolute atomic E-state index is 12.3. The number of halogens is 3. The SMILES string of the molecule is O=C(NCc1ccccc1NC(=O)C(F)(F)F)c1cccs1. The van der Waals surface area contributed by atoms with E-state index in [0.717, 1.165) is 0 Å². The van der Waals surface area contributed by atoms with Gasteiger partial charge in [0.1, 0.15) is 0 Å². The lowest BCUT2D eigenvalue weighted by Crippen LogP contribution is -2.31. The molecule has 0 saturated carbocycles. The Morgan fingerprint density at radius 3 is 2.45 bits per heavy atom. The van der Waals surface area contributed by atoms with E-state index in [4.69, 9.17) is 0 Å². The summed E-state index contributed by atoms with van der Waals surface area (Å²) in [6.07, 6.45) is -4.96. The summed E-state index contributed by atoms with van der Waals surface area (Å²) in [6, 6.07) is 9.33. The number of carbonyl (C=O) groups excluding carboxylic acids is 2. The number of hydrogen-bond acceptors (Lipinski definition) is 3. The average molecular weight is 328 g/mol. The number of amides is 2. The summed E-state index contributed by atoms with van der Waals surface area (Å²) in [5.41, 5.74) is 0.390. The second-order valence-electron chi connectivity index (χ2n) is 4.27. The largest absolute Gasteiger partial charge is 0.471 e. The van der Waals surface area contributed by atoms with Crippen LogP contribution in [-0.4, -0.2) is 18.0 Å². The van der Waals surface area contributed by atoms with Crippen LogP contribution in [0.25, 0.3) is 0 Å². The Balaban J connectivity index is 2.05. The van der Waals surface area contributed by atoms with Crippen molar-refractivity contribution in [1.82, 2.24) is 5.32 Å². The zero-order valence-corrected chi connectivity index (χ0v) is 11.9. The molecule has 0 spiro atoms. The molecule has 1 heterocycles. The monoisotopic (exact) mass is 328 g/mol. The summed E-state index contributed by atoms with van der Waals surface area (Å²) < 4.78 is 36.9. The Morgan fingerprint density at radius 2 is 1.82 bits per heavy atom. The van der Waals surface area contributed by atoms with Gasteiger partial charge in [0.15, 0.2) is 0 Å². The van der Waals surface area contributed by atoms with Crippen molar-refractivity contribution in [2.24, 2.45) is 0 Å². The highest BCUT2D eigenvalue weighted by atomic mass is 32.1. The van der Waals surface area contributed by atoms with Gasteiger partial charge < -0.3 is 10.6 Å². The molecule has 22 heavy (non-hydrogen) atoms. The van der Waals surface area contributed by atoms with Gasteiger partial charge in [-0.25, -0.2) is 0 Å². The van der Waals surface area contributed by atoms with Gasteiger partial charge in [-0.3, -0.25) is 9.59 Å². The highest BCUT2D eigenvalue weighted by molar-refractivity contribution is 7.12. The fourth-order valence-corrected chi connectivity index (χ4v) is 2.30. The van der Waals surface area contributed by atoms with E-state index in [1.807, 2.05) is 0 Å². The first-order valence-electron chi connectivity index (χ1n) is 6.15. The number of para-hydroxylation sites is 1. The third-order valence-corrected chi connectivity index (χ3v) is 3.58. The first kappa shape index (κ1) is 16.0. The minimum absolute atomic E-state index is 0.00500. The summed E-state index contributed by atoms with van der Waals surface area (Å²) in [4.78, 5) is 23.3. The number of benzene rings is 1.